The van der Waals surface area contributed by atoms with Crippen molar-refractivity contribution >= 4 is 11.9 Å². The molecule has 0 fully saturated rings. The van der Waals surface area contributed by atoms with E-state index in [1.54, 1.807) is 20.8 Å². The summed E-state index contributed by atoms with van der Waals surface area (Å²) in [6.45, 7) is 6.63. The molecule has 0 atom stereocenters. The number of Topliss-reactive ketones (excluding diaryl/α,β-unsaturated/α-hetero) is 1. The van der Waals surface area contributed by atoms with Crippen molar-refractivity contribution in [2.75, 3.05) is 0 Å². The summed E-state index contributed by atoms with van der Waals surface area (Å²) in [7, 11) is 0. The monoisotopic (exact) mass is 304 g/mol. The van der Waals surface area contributed by atoms with Crippen LogP contribution in [0.15, 0.2) is 30.6 Å². The maximum Gasteiger partial charge on any atom is 0.435 e. The van der Waals surface area contributed by atoms with Crippen LogP contribution >= 0.6 is 0 Å². The van der Waals surface area contributed by atoms with Crippen molar-refractivity contribution in [3.05, 3.63) is 42.0 Å². The van der Waals surface area contributed by atoms with E-state index < -0.39 is 17.5 Å². The molecule has 1 aromatic carbocycles. The third kappa shape index (κ3) is 3.58. The first-order valence-corrected chi connectivity index (χ1v) is 6.76. The van der Waals surface area contributed by atoms with Crippen LogP contribution in [0.1, 0.15) is 38.1 Å². The Morgan fingerprint density at radius 3 is 2.55 bits per heavy atom. The summed E-state index contributed by atoms with van der Waals surface area (Å²) in [5.41, 5.74) is 0.346. The zero-order chi connectivity index (χ0) is 16.5. The van der Waals surface area contributed by atoms with Gasteiger partial charge in [-0.3, -0.25) is 4.79 Å². The Labute approximate surface area is 127 Å². The first-order valence-electron chi connectivity index (χ1n) is 6.76. The number of ether oxygens (including phenoxy) is 1. The highest BCUT2D eigenvalue weighted by Gasteiger charge is 2.19. The van der Waals surface area contributed by atoms with Crippen LogP contribution < -0.4 is 0 Å². The fraction of sp³-hybridized carbons (Fsp3) is 0.312. The van der Waals surface area contributed by atoms with Crippen molar-refractivity contribution in [1.29, 1.82) is 0 Å². The smallest absolute Gasteiger partial charge is 0.435 e. The molecule has 0 bridgehead atoms. The van der Waals surface area contributed by atoms with Crippen molar-refractivity contribution in [2.24, 2.45) is 0 Å². The quantitative estimate of drug-likeness (QED) is 0.794. The van der Waals surface area contributed by atoms with Crippen LogP contribution in [0, 0.1) is 5.82 Å². The zero-order valence-electron chi connectivity index (χ0n) is 12.9. The number of rotatable bonds is 2. The van der Waals surface area contributed by atoms with E-state index in [1.807, 2.05) is 0 Å². The summed E-state index contributed by atoms with van der Waals surface area (Å²) < 4.78 is 20.1. The minimum atomic E-state index is -0.651. The summed E-state index contributed by atoms with van der Waals surface area (Å²) in [5.74, 6) is -0.658. The van der Waals surface area contributed by atoms with E-state index in [2.05, 4.69) is 5.10 Å². The molecule has 0 amide bonds. The minimum absolute atomic E-state index is 0.166. The second kappa shape index (κ2) is 5.71. The molecule has 2 rings (SSSR count). The van der Waals surface area contributed by atoms with E-state index in [1.165, 1.54) is 37.5 Å². The molecule has 0 spiro atoms. The number of carbonyl (C=O) groups is 2. The highest BCUT2D eigenvalue weighted by atomic mass is 19.1. The summed E-state index contributed by atoms with van der Waals surface area (Å²) in [6.07, 6.45) is 2.07. The van der Waals surface area contributed by atoms with Crippen molar-refractivity contribution < 1.29 is 18.7 Å². The van der Waals surface area contributed by atoms with Gasteiger partial charge >= 0.3 is 6.09 Å². The Balaban J connectivity index is 2.34. The van der Waals surface area contributed by atoms with E-state index in [0.717, 1.165) is 4.68 Å². The lowest BCUT2D eigenvalue weighted by molar-refractivity contribution is 0.0514. The van der Waals surface area contributed by atoms with Gasteiger partial charge in [0.15, 0.2) is 5.78 Å². The number of halogens is 1. The van der Waals surface area contributed by atoms with Crippen molar-refractivity contribution in [3.8, 4) is 11.1 Å². The molecule has 0 saturated heterocycles. The normalized spacial score (nSPS) is 11.3. The summed E-state index contributed by atoms with van der Waals surface area (Å²) in [4.78, 5) is 23.3. The van der Waals surface area contributed by atoms with Gasteiger partial charge in [-0.15, -0.1) is 0 Å². The van der Waals surface area contributed by atoms with Gasteiger partial charge in [0.05, 0.1) is 6.20 Å². The Morgan fingerprint density at radius 2 is 1.95 bits per heavy atom. The molecular weight excluding hydrogens is 287 g/mol. The summed E-state index contributed by atoms with van der Waals surface area (Å²) in [5, 5.41) is 3.88. The van der Waals surface area contributed by atoms with Crippen LogP contribution in [0.3, 0.4) is 0 Å². The predicted octanol–water partition coefficient (Wildman–Crippen LogP) is 3.68. The molecule has 5 nitrogen and oxygen atoms in total. The molecule has 0 N–H and O–H groups in total. The second-order valence-corrected chi connectivity index (χ2v) is 5.90. The number of carbonyl (C=O) groups excluding carboxylic acids is 2. The van der Waals surface area contributed by atoms with Crippen molar-refractivity contribution in [1.82, 2.24) is 9.78 Å². The standard InChI is InChI=1S/C16H17FN2O3/c1-10(20)11-5-6-14(17)13(7-11)12-8-18-19(9-12)15(21)22-16(2,3)4/h5-9H,1-4H3. The average Bonchev–Trinajstić information content (AvgIpc) is 2.86. The Kier molecular flexibility index (Phi) is 4.12. The van der Waals surface area contributed by atoms with Crippen molar-refractivity contribution in [2.45, 2.75) is 33.3 Å². The summed E-state index contributed by atoms with van der Waals surface area (Å²) >= 11 is 0. The molecule has 0 unspecified atom stereocenters. The lowest BCUT2D eigenvalue weighted by Crippen LogP contribution is -2.27. The molecule has 1 heterocycles. The predicted molar refractivity (Wildman–Crippen MR) is 79.3 cm³/mol. The number of aromatic nitrogens is 2. The lowest BCUT2D eigenvalue weighted by atomic mass is 10.0. The molecule has 22 heavy (non-hydrogen) atoms. The van der Waals surface area contributed by atoms with Crippen LogP contribution in [-0.4, -0.2) is 27.3 Å². The molecule has 0 aliphatic rings. The average molecular weight is 304 g/mol. The molecule has 0 saturated carbocycles. The lowest BCUT2D eigenvalue weighted by Gasteiger charge is -2.18. The SMILES string of the molecule is CC(=O)c1ccc(F)c(-c2cnn(C(=O)OC(C)(C)C)c2)c1. The number of ketones is 1. The Morgan fingerprint density at radius 1 is 1.27 bits per heavy atom. The minimum Gasteiger partial charge on any atom is -0.442 e. The third-order valence-corrected chi connectivity index (χ3v) is 2.85. The fourth-order valence-electron chi connectivity index (χ4n) is 1.84. The van der Waals surface area contributed by atoms with Gasteiger partial charge in [-0.2, -0.15) is 9.78 Å². The number of hydrogen-bond acceptors (Lipinski definition) is 4. The largest absolute Gasteiger partial charge is 0.442 e. The van der Waals surface area contributed by atoms with Crippen molar-refractivity contribution in [3.63, 3.8) is 0 Å². The van der Waals surface area contributed by atoms with Gasteiger partial charge in [0.1, 0.15) is 11.4 Å². The summed E-state index contributed by atoms with van der Waals surface area (Å²) in [6, 6.07) is 4.07. The van der Waals surface area contributed by atoms with Gasteiger partial charge in [0.2, 0.25) is 0 Å². The van der Waals surface area contributed by atoms with Gasteiger partial charge in [-0.1, -0.05) is 0 Å². The molecule has 0 aliphatic carbocycles. The van der Waals surface area contributed by atoms with Crippen LogP contribution in [0.2, 0.25) is 0 Å². The fourth-order valence-corrected chi connectivity index (χ4v) is 1.84. The first-order chi connectivity index (χ1) is 10.2. The highest BCUT2D eigenvalue weighted by molar-refractivity contribution is 5.95. The topological polar surface area (TPSA) is 61.2 Å². The number of benzene rings is 1. The van der Waals surface area contributed by atoms with Gasteiger partial charge < -0.3 is 4.74 Å². The van der Waals surface area contributed by atoms with E-state index in [4.69, 9.17) is 4.74 Å². The second-order valence-electron chi connectivity index (χ2n) is 5.90. The molecular formula is C16H17FN2O3. The van der Waals surface area contributed by atoms with E-state index >= 15 is 0 Å². The number of nitrogens with zero attached hydrogens (tertiary/aromatic N) is 2. The van der Waals surface area contributed by atoms with Crippen LogP contribution in [0.4, 0.5) is 9.18 Å². The van der Waals surface area contributed by atoms with E-state index in [9.17, 15) is 14.0 Å². The zero-order valence-corrected chi connectivity index (χ0v) is 12.9. The van der Waals surface area contributed by atoms with Gasteiger partial charge in [0.25, 0.3) is 0 Å². The van der Waals surface area contributed by atoms with Crippen LogP contribution in [-0.2, 0) is 4.74 Å². The third-order valence-electron chi connectivity index (χ3n) is 2.85. The molecule has 0 radical (unpaired) electrons. The molecule has 6 heteroatoms. The van der Waals surface area contributed by atoms with E-state index in [0.29, 0.717) is 11.1 Å². The maximum atomic E-state index is 13.9. The molecule has 1 aromatic heterocycles. The number of hydrogen-bond donors (Lipinski definition) is 0. The van der Waals surface area contributed by atoms with Gasteiger partial charge in [0, 0.05) is 22.9 Å². The molecule has 116 valence electrons. The van der Waals surface area contributed by atoms with Gasteiger partial charge in [-0.05, 0) is 45.9 Å². The molecule has 2 aromatic rings. The molecule has 0 aliphatic heterocycles. The maximum absolute atomic E-state index is 13.9. The van der Waals surface area contributed by atoms with Crippen LogP contribution in [0.25, 0.3) is 11.1 Å². The van der Waals surface area contributed by atoms with Crippen LogP contribution in [0.5, 0.6) is 0 Å². The van der Waals surface area contributed by atoms with Gasteiger partial charge in [-0.25, -0.2) is 9.18 Å². The first kappa shape index (κ1) is 15.9. The highest BCUT2D eigenvalue weighted by Crippen LogP contribution is 2.24. The Hall–Kier alpha value is -2.50. The Bertz CT molecular complexity index is 729. The van der Waals surface area contributed by atoms with E-state index in [-0.39, 0.29) is 11.3 Å².